The minimum atomic E-state index is -3.46. The molecule has 0 amide bonds. The van der Waals surface area contributed by atoms with Crippen LogP contribution in [0.3, 0.4) is 0 Å². The highest BCUT2D eigenvalue weighted by atomic mass is 32.2. The number of aromatic nitrogens is 1. The second-order valence-electron chi connectivity index (χ2n) is 7.44. The zero-order valence-electron chi connectivity index (χ0n) is 18.1. The fourth-order valence-corrected chi connectivity index (χ4v) is 4.91. The van der Waals surface area contributed by atoms with E-state index in [2.05, 4.69) is 17.1 Å². The number of hydrogen-bond acceptors (Lipinski definition) is 6. The van der Waals surface area contributed by atoms with Crippen molar-refractivity contribution in [2.45, 2.75) is 26.7 Å². The average Bonchev–Trinajstić information content (AvgIpc) is 3.08. The first kappa shape index (κ1) is 23.0. The molecule has 1 atom stereocenters. The number of anilines is 1. The maximum absolute atomic E-state index is 12.8. The molecule has 2 heterocycles. The standard InChI is InChI=1S/C22H30N4O4S/c1-3-30-24-18-20-4-6-22(7-5-20)29-17-11-19(2)10-14-25-15-16-26(31(25,27)28)21-8-12-23-13-9-21/h4-9,12-13,18-19H,3,10-11,14-17H2,1-2H3. The number of hydrogen-bond donors (Lipinski definition) is 0. The van der Waals surface area contributed by atoms with E-state index >= 15 is 0 Å². The number of rotatable bonds is 11. The van der Waals surface area contributed by atoms with E-state index in [0.29, 0.717) is 44.5 Å². The molecule has 1 aromatic heterocycles. The summed E-state index contributed by atoms with van der Waals surface area (Å²) in [4.78, 5) is 8.91. The molecule has 168 valence electrons. The summed E-state index contributed by atoms with van der Waals surface area (Å²) in [5.74, 6) is 1.15. The third-order valence-corrected chi connectivity index (χ3v) is 7.11. The third-order valence-electron chi connectivity index (χ3n) is 5.14. The Morgan fingerprint density at radius 1 is 1.13 bits per heavy atom. The molecule has 1 aliphatic rings. The van der Waals surface area contributed by atoms with Gasteiger partial charge in [0.05, 0.1) is 18.5 Å². The monoisotopic (exact) mass is 446 g/mol. The van der Waals surface area contributed by atoms with Gasteiger partial charge in [0.1, 0.15) is 12.4 Å². The van der Waals surface area contributed by atoms with Crippen LogP contribution >= 0.6 is 0 Å². The zero-order chi connectivity index (χ0) is 22.1. The van der Waals surface area contributed by atoms with Crippen LogP contribution in [0, 0.1) is 5.92 Å². The lowest BCUT2D eigenvalue weighted by molar-refractivity contribution is 0.160. The Bertz CT molecular complexity index is 936. The number of benzene rings is 1. The first-order valence-electron chi connectivity index (χ1n) is 10.6. The summed E-state index contributed by atoms with van der Waals surface area (Å²) in [6.07, 6.45) is 6.53. The van der Waals surface area contributed by atoms with Gasteiger partial charge in [-0.05, 0) is 67.6 Å². The summed E-state index contributed by atoms with van der Waals surface area (Å²) in [6.45, 7) is 6.63. The van der Waals surface area contributed by atoms with E-state index in [9.17, 15) is 8.42 Å². The molecule has 0 spiro atoms. The van der Waals surface area contributed by atoms with Crippen molar-refractivity contribution in [1.29, 1.82) is 0 Å². The lowest BCUT2D eigenvalue weighted by Crippen LogP contribution is -2.34. The molecule has 8 nitrogen and oxygen atoms in total. The number of pyridine rings is 1. The van der Waals surface area contributed by atoms with Crippen molar-refractivity contribution in [3.63, 3.8) is 0 Å². The Morgan fingerprint density at radius 3 is 2.58 bits per heavy atom. The average molecular weight is 447 g/mol. The van der Waals surface area contributed by atoms with Crippen molar-refractivity contribution >= 4 is 22.1 Å². The van der Waals surface area contributed by atoms with Crippen LogP contribution in [0.25, 0.3) is 0 Å². The zero-order valence-corrected chi connectivity index (χ0v) is 18.9. The summed E-state index contributed by atoms with van der Waals surface area (Å²) in [5, 5.41) is 3.84. The Hall–Kier alpha value is -2.65. The van der Waals surface area contributed by atoms with Gasteiger partial charge in [0.2, 0.25) is 0 Å². The Labute approximate surface area is 184 Å². The molecule has 0 radical (unpaired) electrons. The lowest BCUT2D eigenvalue weighted by Gasteiger charge is -2.21. The van der Waals surface area contributed by atoms with Gasteiger partial charge in [-0.2, -0.15) is 12.7 Å². The predicted molar refractivity (Wildman–Crippen MR) is 122 cm³/mol. The highest BCUT2D eigenvalue weighted by Crippen LogP contribution is 2.25. The third kappa shape index (κ3) is 6.41. The van der Waals surface area contributed by atoms with E-state index in [-0.39, 0.29) is 0 Å². The van der Waals surface area contributed by atoms with Crippen molar-refractivity contribution in [2.24, 2.45) is 11.1 Å². The van der Waals surface area contributed by atoms with Crippen LogP contribution in [0.5, 0.6) is 5.75 Å². The molecule has 0 saturated carbocycles. The largest absolute Gasteiger partial charge is 0.494 e. The molecule has 1 saturated heterocycles. The van der Waals surface area contributed by atoms with E-state index in [0.717, 1.165) is 24.2 Å². The van der Waals surface area contributed by atoms with E-state index in [1.165, 1.54) is 4.31 Å². The van der Waals surface area contributed by atoms with Gasteiger partial charge in [0.15, 0.2) is 0 Å². The van der Waals surface area contributed by atoms with Gasteiger partial charge in [-0.15, -0.1) is 0 Å². The fourth-order valence-electron chi connectivity index (χ4n) is 3.28. The van der Waals surface area contributed by atoms with Crippen LogP contribution < -0.4 is 9.04 Å². The summed E-state index contributed by atoms with van der Waals surface area (Å²) >= 11 is 0. The molecular weight excluding hydrogens is 416 g/mol. The second kappa shape index (κ2) is 11.1. The molecule has 1 unspecified atom stereocenters. The molecule has 1 fully saturated rings. The van der Waals surface area contributed by atoms with Crippen molar-refractivity contribution in [1.82, 2.24) is 9.29 Å². The van der Waals surface area contributed by atoms with Crippen LogP contribution in [-0.4, -0.2) is 56.8 Å². The Balaban J connectivity index is 1.40. The molecule has 31 heavy (non-hydrogen) atoms. The molecule has 0 N–H and O–H groups in total. The lowest BCUT2D eigenvalue weighted by atomic mass is 10.0. The van der Waals surface area contributed by atoms with Crippen LogP contribution in [-0.2, 0) is 15.0 Å². The SMILES string of the molecule is CCON=Cc1ccc(OCCC(C)CCN2CCN(c3ccncc3)S2(=O)=O)cc1. The first-order chi connectivity index (χ1) is 15.0. The highest BCUT2D eigenvalue weighted by Gasteiger charge is 2.36. The summed E-state index contributed by atoms with van der Waals surface area (Å²) in [6, 6.07) is 11.1. The van der Waals surface area contributed by atoms with Crippen molar-refractivity contribution in [3.8, 4) is 5.75 Å². The fraction of sp³-hybridized carbons (Fsp3) is 0.455. The van der Waals surface area contributed by atoms with Crippen molar-refractivity contribution in [2.75, 3.05) is 37.2 Å². The van der Waals surface area contributed by atoms with Crippen LogP contribution in [0.4, 0.5) is 5.69 Å². The van der Waals surface area contributed by atoms with Crippen LogP contribution in [0.15, 0.2) is 53.9 Å². The molecule has 1 aliphatic heterocycles. The maximum atomic E-state index is 12.8. The highest BCUT2D eigenvalue weighted by molar-refractivity contribution is 7.90. The smallest absolute Gasteiger partial charge is 0.304 e. The molecule has 1 aromatic carbocycles. The van der Waals surface area contributed by atoms with Gasteiger partial charge >= 0.3 is 10.2 Å². The van der Waals surface area contributed by atoms with Crippen molar-refractivity contribution < 1.29 is 18.0 Å². The Morgan fingerprint density at radius 2 is 1.87 bits per heavy atom. The molecule has 0 bridgehead atoms. The summed E-state index contributed by atoms with van der Waals surface area (Å²) in [7, 11) is -3.46. The second-order valence-corrected chi connectivity index (χ2v) is 9.29. The van der Waals surface area contributed by atoms with E-state index in [1.54, 1.807) is 35.0 Å². The summed E-state index contributed by atoms with van der Waals surface area (Å²) < 4.78 is 34.4. The molecule has 2 aromatic rings. The molecule has 3 rings (SSSR count). The van der Waals surface area contributed by atoms with Gasteiger partial charge in [-0.1, -0.05) is 12.1 Å². The maximum Gasteiger partial charge on any atom is 0.304 e. The van der Waals surface area contributed by atoms with E-state index < -0.39 is 10.2 Å². The number of ether oxygens (including phenoxy) is 1. The van der Waals surface area contributed by atoms with Gasteiger partial charge in [-0.25, -0.2) is 0 Å². The van der Waals surface area contributed by atoms with E-state index in [1.807, 2.05) is 31.2 Å². The number of nitrogens with zero attached hydrogens (tertiary/aromatic N) is 4. The van der Waals surface area contributed by atoms with E-state index in [4.69, 9.17) is 9.57 Å². The van der Waals surface area contributed by atoms with Gasteiger partial charge in [0.25, 0.3) is 0 Å². The van der Waals surface area contributed by atoms with Gasteiger partial charge < -0.3 is 9.57 Å². The first-order valence-corrected chi connectivity index (χ1v) is 12.0. The molecule has 9 heteroatoms. The summed E-state index contributed by atoms with van der Waals surface area (Å²) in [5.41, 5.74) is 1.61. The van der Waals surface area contributed by atoms with Crippen LogP contribution in [0.1, 0.15) is 32.3 Å². The van der Waals surface area contributed by atoms with Gasteiger partial charge in [-0.3, -0.25) is 9.29 Å². The quantitative estimate of drug-likeness (QED) is 0.391. The number of oxime groups is 1. The Kier molecular flexibility index (Phi) is 8.25. The molecular formula is C22H30N4O4S. The normalized spacial score (nSPS) is 17.2. The van der Waals surface area contributed by atoms with Crippen LogP contribution in [0.2, 0.25) is 0 Å². The van der Waals surface area contributed by atoms with Crippen molar-refractivity contribution in [3.05, 3.63) is 54.4 Å². The topological polar surface area (TPSA) is 84.3 Å². The minimum absolute atomic E-state index is 0.350. The predicted octanol–water partition coefficient (Wildman–Crippen LogP) is 3.31. The minimum Gasteiger partial charge on any atom is -0.494 e. The van der Waals surface area contributed by atoms with Gasteiger partial charge in [0, 0.05) is 32.0 Å². The molecule has 0 aliphatic carbocycles.